The highest BCUT2D eigenvalue weighted by Crippen LogP contribution is 2.19. The van der Waals surface area contributed by atoms with Crippen LogP contribution in [0.15, 0.2) is 29.2 Å². The van der Waals surface area contributed by atoms with E-state index in [0.717, 1.165) is 0 Å². The van der Waals surface area contributed by atoms with Gasteiger partial charge in [-0.3, -0.25) is 4.79 Å². The Morgan fingerprint density at radius 1 is 1.00 bits per heavy atom. The van der Waals surface area contributed by atoms with Crippen LogP contribution in [0.1, 0.15) is 45.0 Å². The molecule has 1 rings (SSSR count). The molecule has 0 aliphatic heterocycles. The van der Waals surface area contributed by atoms with Crippen LogP contribution in [-0.2, 0) is 10.0 Å². The van der Waals surface area contributed by atoms with Gasteiger partial charge in [-0.1, -0.05) is 39.8 Å². The third kappa shape index (κ3) is 4.93. The molecule has 118 valence electrons. The van der Waals surface area contributed by atoms with Crippen molar-refractivity contribution in [3.05, 3.63) is 29.8 Å². The molecular weight excluding hydrogens is 286 g/mol. The van der Waals surface area contributed by atoms with Gasteiger partial charge in [0.2, 0.25) is 10.0 Å². The van der Waals surface area contributed by atoms with Crippen LogP contribution in [0.5, 0.6) is 0 Å². The quantitative estimate of drug-likeness (QED) is 0.727. The molecule has 0 fully saturated rings. The molecule has 5 heteroatoms. The number of hydrogen-bond donors (Lipinski definition) is 0. The van der Waals surface area contributed by atoms with Crippen LogP contribution < -0.4 is 0 Å². The first-order valence-electron chi connectivity index (χ1n) is 7.25. The van der Waals surface area contributed by atoms with Crippen molar-refractivity contribution in [2.24, 2.45) is 11.8 Å². The van der Waals surface area contributed by atoms with Crippen LogP contribution in [0.25, 0.3) is 0 Å². The van der Waals surface area contributed by atoms with Crippen LogP contribution in [0.3, 0.4) is 0 Å². The SMILES string of the molecule is CC(=O)c1ccc(S(=O)(=O)N(CC(C)C)CC(C)C)cc1. The molecule has 0 amide bonds. The molecule has 0 spiro atoms. The number of benzene rings is 1. The van der Waals surface area contributed by atoms with Crippen molar-refractivity contribution in [1.29, 1.82) is 0 Å². The van der Waals surface area contributed by atoms with E-state index in [1.807, 2.05) is 27.7 Å². The van der Waals surface area contributed by atoms with Crippen LogP contribution in [-0.4, -0.2) is 31.6 Å². The fourth-order valence-electron chi connectivity index (χ4n) is 2.10. The maximum absolute atomic E-state index is 12.7. The van der Waals surface area contributed by atoms with Crippen LogP contribution in [0.2, 0.25) is 0 Å². The summed E-state index contributed by atoms with van der Waals surface area (Å²) in [5, 5.41) is 0. The van der Waals surface area contributed by atoms with Crippen molar-refractivity contribution in [2.45, 2.75) is 39.5 Å². The maximum atomic E-state index is 12.7. The number of ketones is 1. The number of nitrogens with zero attached hydrogens (tertiary/aromatic N) is 1. The molecule has 0 bridgehead atoms. The van der Waals surface area contributed by atoms with Crippen molar-refractivity contribution in [3.8, 4) is 0 Å². The van der Waals surface area contributed by atoms with Crippen molar-refractivity contribution in [3.63, 3.8) is 0 Å². The Balaban J connectivity index is 3.12. The first-order valence-corrected chi connectivity index (χ1v) is 8.69. The monoisotopic (exact) mass is 311 g/mol. The minimum atomic E-state index is -3.51. The molecule has 0 aliphatic carbocycles. The number of carbonyl (C=O) groups is 1. The molecule has 0 saturated carbocycles. The summed E-state index contributed by atoms with van der Waals surface area (Å²) >= 11 is 0. The highest BCUT2D eigenvalue weighted by molar-refractivity contribution is 7.89. The Bertz CT molecular complexity index is 564. The van der Waals surface area contributed by atoms with Gasteiger partial charge in [0.05, 0.1) is 4.90 Å². The molecule has 0 N–H and O–H groups in total. The van der Waals surface area contributed by atoms with E-state index in [2.05, 4.69) is 0 Å². The Kier molecular flexibility index (Phi) is 6.10. The number of rotatable bonds is 7. The standard InChI is InChI=1S/C16H25NO3S/c1-12(2)10-17(11-13(3)4)21(19,20)16-8-6-15(7-9-16)14(5)18/h6-9,12-13H,10-11H2,1-5H3. The van der Waals surface area contributed by atoms with Crippen molar-refractivity contribution >= 4 is 15.8 Å². The molecule has 0 unspecified atom stereocenters. The molecule has 0 saturated heterocycles. The fourth-order valence-corrected chi connectivity index (χ4v) is 3.86. The summed E-state index contributed by atoms with van der Waals surface area (Å²) in [6.45, 7) is 10.5. The highest BCUT2D eigenvalue weighted by Gasteiger charge is 2.25. The van der Waals surface area contributed by atoms with Gasteiger partial charge in [-0.15, -0.1) is 0 Å². The third-order valence-electron chi connectivity index (χ3n) is 3.04. The van der Waals surface area contributed by atoms with E-state index in [0.29, 0.717) is 18.7 Å². The van der Waals surface area contributed by atoms with Gasteiger partial charge in [-0.25, -0.2) is 8.42 Å². The molecule has 4 nitrogen and oxygen atoms in total. The molecular formula is C16H25NO3S. The fraction of sp³-hybridized carbons (Fsp3) is 0.562. The summed E-state index contributed by atoms with van der Waals surface area (Å²) in [5.74, 6) is 0.449. The van der Waals surface area contributed by atoms with Gasteiger partial charge in [-0.05, 0) is 30.9 Å². The minimum Gasteiger partial charge on any atom is -0.295 e. The lowest BCUT2D eigenvalue weighted by Crippen LogP contribution is -2.37. The molecule has 1 aromatic rings. The average molecular weight is 311 g/mol. The van der Waals surface area contributed by atoms with E-state index in [-0.39, 0.29) is 22.5 Å². The summed E-state index contributed by atoms with van der Waals surface area (Å²) < 4.78 is 27.0. The number of sulfonamides is 1. The van der Waals surface area contributed by atoms with Crippen molar-refractivity contribution in [1.82, 2.24) is 4.31 Å². The van der Waals surface area contributed by atoms with Crippen molar-refractivity contribution in [2.75, 3.05) is 13.1 Å². The molecule has 0 heterocycles. The second-order valence-corrected chi connectivity index (χ2v) is 8.13. The molecule has 1 aromatic carbocycles. The van der Waals surface area contributed by atoms with Gasteiger partial charge in [0.25, 0.3) is 0 Å². The summed E-state index contributed by atoms with van der Waals surface area (Å²) in [6, 6.07) is 6.16. The zero-order chi connectivity index (χ0) is 16.2. The zero-order valence-corrected chi connectivity index (χ0v) is 14.3. The normalized spacial score (nSPS) is 12.4. The number of carbonyl (C=O) groups excluding carboxylic acids is 1. The van der Waals surface area contributed by atoms with Crippen LogP contribution in [0.4, 0.5) is 0 Å². The van der Waals surface area contributed by atoms with Gasteiger partial charge in [-0.2, -0.15) is 4.31 Å². The molecule has 0 aliphatic rings. The van der Waals surface area contributed by atoms with Gasteiger partial charge < -0.3 is 0 Å². The van der Waals surface area contributed by atoms with E-state index >= 15 is 0 Å². The lowest BCUT2D eigenvalue weighted by atomic mass is 10.2. The van der Waals surface area contributed by atoms with E-state index in [1.165, 1.54) is 23.4 Å². The van der Waals surface area contributed by atoms with Crippen LogP contribution in [0, 0.1) is 11.8 Å². The molecule has 0 atom stereocenters. The summed E-state index contributed by atoms with van der Waals surface area (Å²) in [7, 11) is -3.51. The Morgan fingerprint density at radius 3 is 1.76 bits per heavy atom. The summed E-state index contributed by atoms with van der Waals surface area (Å²) in [4.78, 5) is 11.5. The first-order chi connectivity index (χ1) is 9.64. The Labute approximate surface area is 128 Å². The smallest absolute Gasteiger partial charge is 0.243 e. The molecule has 21 heavy (non-hydrogen) atoms. The summed E-state index contributed by atoms with van der Waals surface area (Å²) in [5.41, 5.74) is 0.521. The van der Waals surface area contributed by atoms with Crippen LogP contribution >= 0.6 is 0 Å². The molecule has 0 radical (unpaired) electrons. The lowest BCUT2D eigenvalue weighted by molar-refractivity contribution is 0.101. The molecule has 0 aromatic heterocycles. The second kappa shape index (κ2) is 7.18. The first kappa shape index (κ1) is 17.9. The van der Waals surface area contributed by atoms with E-state index in [4.69, 9.17) is 0 Å². The third-order valence-corrected chi connectivity index (χ3v) is 4.88. The average Bonchev–Trinajstić information content (AvgIpc) is 2.37. The van der Waals surface area contributed by atoms with Gasteiger partial charge >= 0.3 is 0 Å². The van der Waals surface area contributed by atoms with E-state index < -0.39 is 10.0 Å². The highest BCUT2D eigenvalue weighted by atomic mass is 32.2. The number of Topliss-reactive ketones (excluding diaryl/α,β-unsaturated/α-hetero) is 1. The van der Waals surface area contributed by atoms with E-state index in [9.17, 15) is 13.2 Å². The van der Waals surface area contributed by atoms with Gasteiger partial charge in [0, 0.05) is 18.7 Å². The second-order valence-electron chi connectivity index (χ2n) is 6.19. The summed E-state index contributed by atoms with van der Waals surface area (Å²) in [6.07, 6.45) is 0. The predicted octanol–water partition coefficient (Wildman–Crippen LogP) is 3.19. The zero-order valence-electron chi connectivity index (χ0n) is 13.5. The Hall–Kier alpha value is -1.20. The predicted molar refractivity (Wildman–Crippen MR) is 84.9 cm³/mol. The maximum Gasteiger partial charge on any atom is 0.243 e. The number of hydrogen-bond acceptors (Lipinski definition) is 3. The van der Waals surface area contributed by atoms with Gasteiger partial charge in [0.15, 0.2) is 5.78 Å². The largest absolute Gasteiger partial charge is 0.295 e. The van der Waals surface area contributed by atoms with Gasteiger partial charge in [0.1, 0.15) is 0 Å². The Morgan fingerprint density at radius 2 is 1.43 bits per heavy atom. The van der Waals surface area contributed by atoms with E-state index in [1.54, 1.807) is 12.1 Å². The topological polar surface area (TPSA) is 54.5 Å². The lowest BCUT2D eigenvalue weighted by Gasteiger charge is -2.25. The minimum absolute atomic E-state index is 0.0693. The van der Waals surface area contributed by atoms with Crippen molar-refractivity contribution < 1.29 is 13.2 Å².